The fourth-order valence-electron chi connectivity index (χ4n) is 6.61. The maximum Gasteiger partial charge on any atom is 0.312 e. The van der Waals surface area contributed by atoms with Crippen LogP contribution in [0.4, 0.5) is 5.69 Å². The number of aryl methyl sites for hydroxylation is 1. The van der Waals surface area contributed by atoms with Gasteiger partial charge in [-0.25, -0.2) is 0 Å². The Morgan fingerprint density at radius 1 is 1.33 bits per heavy atom. The topological polar surface area (TPSA) is 125 Å². The number of hydrogen-bond acceptors (Lipinski definition) is 7. The highest BCUT2D eigenvalue weighted by atomic mass is 79.9. The Bertz CT molecular complexity index is 1270. The van der Waals surface area contributed by atoms with Gasteiger partial charge in [-0.05, 0) is 45.2 Å². The van der Waals surface area contributed by atoms with Crippen LogP contribution in [0.2, 0.25) is 5.02 Å². The van der Waals surface area contributed by atoms with E-state index in [2.05, 4.69) is 34.4 Å². The van der Waals surface area contributed by atoms with Crippen molar-refractivity contribution in [3.8, 4) is 0 Å². The van der Waals surface area contributed by atoms with Crippen LogP contribution in [-0.2, 0) is 28.7 Å². The molecule has 3 aliphatic heterocycles. The average molecular weight is 681 g/mol. The lowest BCUT2D eigenvalue weighted by atomic mass is 9.70. The molecule has 4 rings (SSSR count). The van der Waals surface area contributed by atoms with E-state index in [9.17, 15) is 24.3 Å². The van der Waals surface area contributed by atoms with Gasteiger partial charge < -0.3 is 29.7 Å². The van der Waals surface area contributed by atoms with E-state index in [4.69, 9.17) is 21.1 Å². The molecule has 1 unspecified atom stereocenters. The summed E-state index contributed by atoms with van der Waals surface area (Å²) in [5.74, 6) is -3.73. The number of allylic oxidation sites excluding steroid dienone is 1. The third-order valence-electron chi connectivity index (χ3n) is 8.49. The maximum absolute atomic E-state index is 14.6. The summed E-state index contributed by atoms with van der Waals surface area (Å²) < 4.78 is 12.3. The van der Waals surface area contributed by atoms with Crippen LogP contribution in [0.3, 0.4) is 0 Å². The monoisotopic (exact) mass is 679 g/mol. The minimum atomic E-state index is -1.35. The first-order valence-corrected chi connectivity index (χ1v) is 15.7. The number of rotatable bonds is 13. The molecule has 0 aromatic heterocycles. The van der Waals surface area contributed by atoms with Crippen LogP contribution in [-0.4, -0.2) is 88.1 Å². The van der Waals surface area contributed by atoms with Crippen molar-refractivity contribution in [1.29, 1.82) is 0 Å². The first kappa shape index (κ1) is 33.2. The smallest absolute Gasteiger partial charge is 0.312 e. The molecule has 0 radical (unpaired) electrons. The number of aliphatic hydroxyl groups is 1. The number of amides is 3. The summed E-state index contributed by atoms with van der Waals surface area (Å²) in [6.45, 7) is 12.4. The molecule has 3 fully saturated rings. The van der Waals surface area contributed by atoms with Crippen LogP contribution in [0.25, 0.3) is 0 Å². The molecule has 3 saturated heterocycles. The summed E-state index contributed by atoms with van der Waals surface area (Å²) >= 11 is 10.2. The summed E-state index contributed by atoms with van der Waals surface area (Å²) in [6, 6.07) is 3.42. The highest BCUT2D eigenvalue weighted by molar-refractivity contribution is 9.09. The van der Waals surface area contributed by atoms with Crippen LogP contribution in [0.1, 0.15) is 38.7 Å². The molecule has 8 atom stereocenters. The van der Waals surface area contributed by atoms with E-state index in [0.29, 0.717) is 23.6 Å². The molecule has 2 N–H and O–H groups in total. The number of esters is 1. The van der Waals surface area contributed by atoms with E-state index < -0.39 is 66.1 Å². The van der Waals surface area contributed by atoms with Crippen LogP contribution < -0.4 is 10.2 Å². The summed E-state index contributed by atoms with van der Waals surface area (Å²) in [6.07, 6.45) is 2.94. The van der Waals surface area contributed by atoms with Gasteiger partial charge in [0.2, 0.25) is 11.8 Å². The van der Waals surface area contributed by atoms with E-state index in [1.165, 1.54) is 9.80 Å². The van der Waals surface area contributed by atoms with Crippen molar-refractivity contribution in [3.05, 3.63) is 54.1 Å². The highest BCUT2D eigenvalue weighted by Gasteiger charge is 2.77. The fraction of sp³-hybridized carbons (Fsp3) is 0.548. The number of nitrogens with one attached hydrogen (secondary N) is 1. The molecule has 1 aromatic carbocycles. The molecular weight excluding hydrogens is 642 g/mol. The summed E-state index contributed by atoms with van der Waals surface area (Å²) in [5.41, 5.74) is -0.109. The van der Waals surface area contributed by atoms with E-state index >= 15 is 0 Å². The number of halogens is 2. The third-order valence-corrected chi connectivity index (χ3v) is 9.64. The second kappa shape index (κ2) is 13.5. The van der Waals surface area contributed by atoms with Crippen LogP contribution >= 0.6 is 27.5 Å². The number of para-hydroxylation sites is 1. The number of alkyl halides is 1. The minimum Gasteiger partial charge on any atom is -0.460 e. The molecule has 43 heavy (non-hydrogen) atoms. The van der Waals surface area contributed by atoms with Gasteiger partial charge in [0.1, 0.15) is 17.7 Å². The largest absolute Gasteiger partial charge is 0.460 e. The van der Waals surface area contributed by atoms with Gasteiger partial charge in [-0.2, -0.15) is 0 Å². The van der Waals surface area contributed by atoms with Crippen LogP contribution in [0.15, 0.2) is 43.5 Å². The van der Waals surface area contributed by atoms with Gasteiger partial charge in [-0.3, -0.25) is 19.2 Å². The number of anilines is 1. The molecule has 3 heterocycles. The first-order valence-electron chi connectivity index (χ1n) is 14.4. The standard InChI is InChI=1S/C31H39BrClN3O7/c1-6-8-12-22(38)34-15-19(5)42-30(41)23-24-28(39)36(18(4)16-37)27(31(24)14-20(32)26(23)43-31)29(40)35(13-7-2)25-17(3)10-9-11-21(25)33/h6-7,9-11,18-20,23-24,26-27,37H,1-2,8,12-16H2,3-5H3,(H,34,38)/t18-,19+,20?,23+,24-,26+,27+,31-/m1/s1. The van der Waals surface area contributed by atoms with Gasteiger partial charge in [-0.1, -0.05) is 51.8 Å². The zero-order valence-corrected chi connectivity index (χ0v) is 27.0. The van der Waals surface area contributed by atoms with Crippen molar-refractivity contribution < 1.29 is 33.8 Å². The molecule has 234 valence electrons. The summed E-state index contributed by atoms with van der Waals surface area (Å²) in [5, 5.41) is 13.2. The van der Waals surface area contributed by atoms with E-state index in [1.807, 2.05) is 13.0 Å². The number of likely N-dealkylation sites (tertiary alicyclic amines) is 1. The Morgan fingerprint density at radius 2 is 2.05 bits per heavy atom. The Hall–Kier alpha value is -2.73. The first-order chi connectivity index (χ1) is 20.4. The fourth-order valence-corrected chi connectivity index (χ4v) is 7.88. The van der Waals surface area contributed by atoms with Gasteiger partial charge in [0, 0.05) is 17.8 Å². The van der Waals surface area contributed by atoms with Crippen molar-refractivity contribution in [2.24, 2.45) is 11.8 Å². The second-order valence-corrected chi connectivity index (χ2v) is 13.0. The van der Waals surface area contributed by atoms with Gasteiger partial charge >= 0.3 is 5.97 Å². The van der Waals surface area contributed by atoms with Crippen molar-refractivity contribution in [2.45, 2.75) is 74.8 Å². The van der Waals surface area contributed by atoms with Gasteiger partial charge in [0.05, 0.1) is 47.8 Å². The Morgan fingerprint density at radius 3 is 2.67 bits per heavy atom. The van der Waals surface area contributed by atoms with Crippen LogP contribution in [0, 0.1) is 18.8 Å². The molecular formula is C31H39BrClN3O7. The quantitative estimate of drug-likeness (QED) is 0.186. The van der Waals surface area contributed by atoms with Gasteiger partial charge in [0.15, 0.2) is 0 Å². The van der Waals surface area contributed by atoms with Gasteiger partial charge in [0.25, 0.3) is 5.91 Å². The predicted octanol–water partition coefficient (Wildman–Crippen LogP) is 3.31. The maximum atomic E-state index is 14.6. The van der Waals surface area contributed by atoms with Gasteiger partial charge in [-0.15, -0.1) is 13.2 Å². The zero-order chi connectivity index (χ0) is 31.6. The normalized spacial score (nSPS) is 28.7. The number of carbonyl (C=O) groups excluding carboxylic acids is 4. The summed E-state index contributed by atoms with van der Waals surface area (Å²) in [4.78, 5) is 57.0. The molecule has 0 saturated carbocycles. The molecule has 3 aliphatic rings. The lowest BCUT2D eigenvalue weighted by Gasteiger charge is -2.39. The lowest BCUT2D eigenvalue weighted by Crippen LogP contribution is -2.59. The van der Waals surface area contributed by atoms with E-state index in [-0.39, 0.29) is 30.2 Å². The third kappa shape index (κ3) is 6.01. The predicted molar refractivity (Wildman–Crippen MR) is 166 cm³/mol. The Kier molecular flexibility index (Phi) is 10.4. The van der Waals surface area contributed by atoms with E-state index in [1.54, 1.807) is 38.1 Å². The molecule has 0 aliphatic carbocycles. The molecule has 3 amide bonds. The van der Waals surface area contributed by atoms with Crippen molar-refractivity contribution in [1.82, 2.24) is 10.2 Å². The van der Waals surface area contributed by atoms with Crippen molar-refractivity contribution in [2.75, 3.05) is 24.6 Å². The zero-order valence-electron chi connectivity index (χ0n) is 24.6. The number of fused-ring (bicyclic) bond motifs is 1. The average Bonchev–Trinajstić information content (AvgIpc) is 3.56. The number of carbonyl (C=O) groups is 4. The number of ether oxygens (including phenoxy) is 2. The number of hydrogen-bond donors (Lipinski definition) is 2. The van der Waals surface area contributed by atoms with E-state index in [0.717, 1.165) is 5.56 Å². The number of aliphatic hydroxyl groups excluding tert-OH is 1. The summed E-state index contributed by atoms with van der Waals surface area (Å²) in [7, 11) is 0. The molecule has 1 spiro atoms. The second-order valence-electron chi connectivity index (χ2n) is 11.5. The molecule has 12 heteroatoms. The van der Waals surface area contributed by atoms with Crippen LogP contribution in [0.5, 0.6) is 0 Å². The Balaban J connectivity index is 1.68. The number of nitrogens with zero attached hydrogens (tertiary/aromatic N) is 2. The van der Waals surface area contributed by atoms with Crippen molar-refractivity contribution in [3.63, 3.8) is 0 Å². The Labute approximate surface area is 265 Å². The highest BCUT2D eigenvalue weighted by Crippen LogP contribution is 2.61. The minimum absolute atomic E-state index is 0.101. The molecule has 10 nitrogen and oxygen atoms in total. The lowest BCUT2D eigenvalue weighted by molar-refractivity contribution is -0.159. The number of benzene rings is 1. The SMILES string of the molecule is C=CCCC(=O)NC[C@H](C)OC(=O)[C@@H]1[C@H]2O[C@@]3(CC2Br)[C@H](C(=O)N(CC=C)c2c(C)cccc2Cl)N([C@H](C)CO)C(=O)[C@@H]13. The molecule has 1 aromatic rings. The van der Waals surface area contributed by atoms with Crippen molar-refractivity contribution >= 4 is 56.9 Å². The molecule has 2 bridgehead atoms.